The van der Waals surface area contributed by atoms with E-state index in [2.05, 4.69) is 15.8 Å². The van der Waals surface area contributed by atoms with Gasteiger partial charge in [-0.25, -0.2) is 9.82 Å². The molecule has 0 atom stereocenters. The minimum Gasteiger partial charge on any atom is -0.351 e. The Morgan fingerprint density at radius 1 is 1.45 bits per heavy atom. The summed E-state index contributed by atoms with van der Waals surface area (Å²) in [7, 11) is 0. The molecule has 0 fully saturated rings. The molecule has 0 saturated carbocycles. The second-order valence-electron chi connectivity index (χ2n) is 4.67. The Kier molecular flexibility index (Phi) is 4.45. The number of hydrazone groups is 1. The summed E-state index contributed by atoms with van der Waals surface area (Å²) in [5.41, 5.74) is 4.47. The van der Waals surface area contributed by atoms with Crippen LogP contribution in [0.5, 0.6) is 0 Å². The minimum atomic E-state index is -0.273. The van der Waals surface area contributed by atoms with Gasteiger partial charge in [0.1, 0.15) is 11.5 Å². The maximum Gasteiger partial charge on any atom is 0.267 e. The molecule has 0 bridgehead atoms. The van der Waals surface area contributed by atoms with Crippen molar-refractivity contribution in [1.82, 2.24) is 10.7 Å². The van der Waals surface area contributed by atoms with Crippen molar-refractivity contribution in [3.63, 3.8) is 0 Å². The number of carbonyl (C=O) groups excluding carboxylic acids is 2. The molecule has 1 aliphatic rings. The smallest absolute Gasteiger partial charge is 0.267 e. The van der Waals surface area contributed by atoms with Crippen LogP contribution < -0.4 is 10.7 Å². The number of hydrogen-bond donors (Lipinski definition) is 2. The summed E-state index contributed by atoms with van der Waals surface area (Å²) in [5, 5.41) is 6.46. The lowest BCUT2D eigenvalue weighted by molar-refractivity contribution is -0.121. The molecule has 20 heavy (non-hydrogen) atoms. The molecule has 5 nitrogen and oxygen atoms in total. The van der Waals surface area contributed by atoms with Crippen molar-refractivity contribution in [2.45, 2.75) is 26.2 Å². The van der Waals surface area contributed by atoms with Gasteiger partial charge >= 0.3 is 0 Å². The molecule has 2 amide bonds. The van der Waals surface area contributed by atoms with Gasteiger partial charge in [-0.15, -0.1) is 0 Å². The van der Waals surface area contributed by atoms with E-state index in [1.165, 1.54) is 12.1 Å². The van der Waals surface area contributed by atoms with E-state index in [0.717, 1.165) is 11.1 Å². The molecule has 0 radical (unpaired) electrons. The molecule has 0 aliphatic carbocycles. The Balaban J connectivity index is 1.84. The molecule has 0 saturated heterocycles. The van der Waals surface area contributed by atoms with Crippen molar-refractivity contribution in [2.24, 2.45) is 5.10 Å². The predicted octanol–water partition coefficient (Wildman–Crippen LogP) is 1.06. The van der Waals surface area contributed by atoms with Gasteiger partial charge in [-0.1, -0.05) is 6.07 Å². The van der Waals surface area contributed by atoms with Crippen molar-refractivity contribution in [2.75, 3.05) is 6.54 Å². The summed E-state index contributed by atoms with van der Waals surface area (Å²) >= 11 is 0. The quantitative estimate of drug-likeness (QED) is 0.864. The highest BCUT2D eigenvalue weighted by molar-refractivity contribution is 6.39. The van der Waals surface area contributed by atoms with Crippen molar-refractivity contribution in [3.8, 4) is 0 Å². The fraction of sp³-hybridized carbons (Fsp3) is 0.357. The normalized spacial score (nSPS) is 14.5. The summed E-state index contributed by atoms with van der Waals surface area (Å²) < 4.78 is 13.0. The van der Waals surface area contributed by atoms with Crippen LogP contribution in [-0.2, 0) is 16.0 Å². The molecule has 6 heteroatoms. The fourth-order valence-corrected chi connectivity index (χ4v) is 1.99. The van der Waals surface area contributed by atoms with Gasteiger partial charge in [0.25, 0.3) is 5.91 Å². The van der Waals surface area contributed by atoms with Gasteiger partial charge in [0.05, 0.1) is 0 Å². The molecule has 0 unspecified atom stereocenters. The Labute approximate surface area is 116 Å². The molecular weight excluding hydrogens is 261 g/mol. The molecule has 2 rings (SSSR count). The Hall–Kier alpha value is -2.24. The summed E-state index contributed by atoms with van der Waals surface area (Å²) in [5.74, 6) is -0.712. The third-order valence-corrected chi connectivity index (χ3v) is 3.15. The zero-order chi connectivity index (χ0) is 14.5. The maximum atomic E-state index is 13.0. The zero-order valence-corrected chi connectivity index (χ0v) is 11.2. The first kappa shape index (κ1) is 14.2. The number of aryl methyl sites for hydroxylation is 1. The minimum absolute atomic E-state index is 0.177. The highest BCUT2D eigenvalue weighted by Gasteiger charge is 2.17. The molecule has 106 valence electrons. The van der Waals surface area contributed by atoms with Crippen LogP contribution in [0.4, 0.5) is 4.39 Å². The molecule has 1 aromatic rings. The molecule has 1 aliphatic heterocycles. The molecule has 2 N–H and O–H groups in total. The molecule has 1 heterocycles. The van der Waals surface area contributed by atoms with Crippen LogP contribution in [0.25, 0.3) is 0 Å². The number of hydrogen-bond acceptors (Lipinski definition) is 3. The lowest BCUT2D eigenvalue weighted by atomic mass is 10.1. The average Bonchev–Trinajstić information content (AvgIpc) is 2.42. The highest BCUT2D eigenvalue weighted by Crippen LogP contribution is 2.10. The van der Waals surface area contributed by atoms with E-state index in [1.54, 1.807) is 6.07 Å². The lowest BCUT2D eigenvalue weighted by Gasteiger charge is -2.12. The number of halogens is 1. The average molecular weight is 277 g/mol. The zero-order valence-electron chi connectivity index (χ0n) is 11.2. The van der Waals surface area contributed by atoms with Gasteiger partial charge in [-0.2, -0.15) is 5.10 Å². The van der Waals surface area contributed by atoms with Gasteiger partial charge in [0.2, 0.25) is 5.91 Å². The van der Waals surface area contributed by atoms with E-state index in [9.17, 15) is 14.0 Å². The van der Waals surface area contributed by atoms with Crippen molar-refractivity contribution in [3.05, 3.63) is 35.1 Å². The van der Waals surface area contributed by atoms with Crippen LogP contribution >= 0.6 is 0 Å². The summed E-state index contributed by atoms with van der Waals surface area (Å²) in [6.45, 7) is 2.28. The van der Waals surface area contributed by atoms with E-state index in [-0.39, 0.29) is 24.1 Å². The molecular formula is C14H16FN3O2. The van der Waals surface area contributed by atoms with E-state index < -0.39 is 0 Å². The van der Waals surface area contributed by atoms with Gasteiger partial charge in [0.15, 0.2) is 0 Å². The van der Waals surface area contributed by atoms with Crippen LogP contribution in [0.1, 0.15) is 24.0 Å². The van der Waals surface area contributed by atoms with Crippen LogP contribution in [-0.4, -0.2) is 24.1 Å². The summed E-state index contributed by atoms with van der Waals surface area (Å²) in [4.78, 5) is 22.7. The van der Waals surface area contributed by atoms with Gasteiger partial charge in [0, 0.05) is 19.4 Å². The molecule has 0 aromatic heterocycles. The Bertz CT molecular complexity index is 570. The second-order valence-corrected chi connectivity index (χ2v) is 4.67. The number of amides is 2. The second kappa shape index (κ2) is 6.27. The van der Waals surface area contributed by atoms with Crippen molar-refractivity contribution < 1.29 is 14.0 Å². The summed E-state index contributed by atoms with van der Waals surface area (Å²) in [6, 6.07) is 4.60. The van der Waals surface area contributed by atoms with Gasteiger partial charge in [-0.3, -0.25) is 9.59 Å². The largest absolute Gasteiger partial charge is 0.351 e. The van der Waals surface area contributed by atoms with E-state index >= 15 is 0 Å². The van der Waals surface area contributed by atoms with Crippen molar-refractivity contribution >= 4 is 17.5 Å². The number of benzene rings is 1. The number of nitrogens with zero attached hydrogens (tertiary/aromatic N) is 1. The van der Waals surface area contributed by atoms with Crippen LogP contribution in [0.3, 0.4) is 0 Å². The van der Waals surface area contributed by atoms with Crippen LogP contribution in [0.15, 0.2) is 23.3 Å². The number of rotatable bonds is 4. The Morgan fingerprint density at radius 3 is 2.90 bits per heavy atom. The topological polar surface area (TPSA) is 70.6 Å². The summed E-state index contributed by atoms with van der Waals surface area (Å²) in [6.07, 6.45) is 1.26. The fourth-order valence-electron chi connectivity index (χ4n) is 1.99. The third-order valence-electron chi connectivity index (χ3n) is 3.15. The third kappa shape index (κ3) is 3.63. The van der Waals surface area contributed by atoms with Crippen LogP contribution in [0.2, 0.25) is 0 Å². The highest BCUT2D eigenvalue weighted by atomic mass is 19.1. The predicted molar refractivity (Wildman–Crippen MR) is 72.7 cm³/mol. The standard InChI is InChI=1S/C14H16FN3O2/c1-9-8-11(15)3-2-10(9)6-7-16-14(20)12-4-5-13(19)18-17-12/h2-3,8H,4-7H2,1H3,(H,16,20)(H,18,19). The monoisotopic (exact) mass is 277 g/mol. The van der Waals surface area contributed by atoms with Crippen LogP contribution in [0, 0.1) is 12.7 Å². The molecule has 0 spiro atoms. The van der Waals surface area contributed by atoms with Gasteiger partial charge in [-0.05, 0) is 36.6 Å². The maximum absolute atomic E-state index is 13.0. The van der Waals surface area contributed by atoms with Gasteiger partial charge < -0.3 is 5.32 Å². The lowest BCUT2D eigenvalue weighted by Crippen LogP contribution is -2.37. The number of nitrogens with one attached hydrogen (secondary N) is 2. The SMILES string of the molecule is Cc1cc(F)ccc1CCNC(=O)C1=NNC(=O)CC1. The first-order valence-electron chi connectivity index (χ1n) is 6.45. The first-order chi connectivity index (χ1) is 9.56. The van der Waals surface area contributed by atoms with E-state index in [0.29, 0.717) is 25.1 Å². The Morgan fingerprint density at radius 2 is 2.25 bits per heavy atom. The number of carbonyl (C=O) groups is 2. The van der Waals surface area contributed by atoms with E-state index in [1.807, 2.05) is 6.92 Å². The van der Waals surface area contributed by atoms with E-state index in [4.69, 9.17) is 0 Å². The van der Waals surface area contributed by atoms with Crippen molar-refractivity contribution in [1.29, 1.82) is 0 Å². The first-order valence-corrected chi connectivity index (χ1v) is 6.45. The molecule has 1 aromatic carbocycles.